The number of rotatable bonds is 7. The van der Waals surface area contributed by atoms with Crippen molar-refractivity contribution in [2.45, 2.75) is 25.7 Å². The van der Waals surface area contributed by atoms with Gasteiger partial charge < -0.3 is 19.4 Å². The van der Waals surface area contributed by atoms with Gasteiger partial charge in [-0.05, 0) is 68.8 Å². The van der Waals surface area contributed by atoms with Gasteiger partial charge in [-0.15, -0.1) is 0 Å². The van der Waals surface area contributed by atoms with Gasteiger partial charge in [0.15, 0.2) is 0 Å². The van der Waals surface area contributed by atoms with Crippen molar-refractivity contribution in [3.8, 4) is 5.75 Å². The standard InChI is InChI=1S/C26H33N3O3/c30-25(22-8-3-1-4-9-22)28-17-19-29(20-18-28)26(31)23-10-12-24(13-11-23)32-21-7-16-27-14-5-2-6-15-27/h1,3-4,8-13H,2,5-7,14-21H2. The minimum Gasteiger partial charge on any atom is -0.494 e. The van der Waals surface area contributed by atoms with Gasteiger partial charge in [0, 0.05) is 43.9 Å². The second-order valence-corrected chi connectivity index (χ2v) is 8.58. The Bertz CT molecular complexity index is 871. The Balaban J connectivity index is 1.20. The SMILES string of the molecule is O=C(c1ccccc1)N1CCN(C(=O)c2ccc(OCCCN3CCCCC3)cc2)CC1. The highest BCUT2D eigenvalue weighted by Gasteiger charge is 2.25. The van der Waals surface area contributed by atoms with Gasteiger partial charge in [-0.1, -0.05) is 24.6 Å². The van der Waals surface area contributed by atoms with Gasteiger partial charge in [-0.2, -0.15) is 0 Å². The zero-order valence-corrected chi connectivity index (χ0v) is 18.7. The van der Waals surface area contributed by atoms with E-state index in [9.17, 15) is 9.59 Å². The number of carbonyl (C=O) groups is 2. The lowest BCUT2D eigenvalue weighted by Gasteiger charge is -2.35. The number of nitrogens with zero attached hydrogens (tertiary/aromatic N) is 3. The lowest BCUT2D eigenvalue weighted by atomic mass is 10.1. The van der Waals surface area contributed by atoms with Crippen LogP contribution < -0.4 is 4.74 Å². The van der Waals surface area contributed by atoms with E-state index in [-0.39, 0.29) is 11.8 Å². The molecule has 0 aromatic heterocycles. The maximum atomic E-state index is 12.9. The fraction of sp³-hybridized carbons (Fsp3) is 0.462. The number of likely N-dealkylation sites (tertiary alicyclic amines) is 1. The first kappa shape index (κ1) is 22.3. The van der Waals surface area contributed by atoms with Crippen LogP contribution in [-0.4, -0.2) is 78.9 Å². The molecule has 0 unspecified atom stereocenters. The van der Waals surface area contributed by atoms with Crippen LogP contribution in [0.5, 0.6) is 5.75 Å². The van der Waals surface area contributed by atoms with E-state index in [1.807, 2.05) is 64.4 Å². The number of hydrogen-bond donors (Lipinski definition) is 0. The summed E-state index contributed by atoms with van der Waals surface area (Å²) in [6.45, 7) is 6.42. The third kappa shape index (κ3) is 5.88. The summed E-state index contributed by atoms with van der Waals surface area (Å²) in [6, 6.07) is 16.7. The summed E-state index contributed by atoms with van der Waals surface area (Å²) in [5.41, 5.74) is 1.35. The molecule has 0 spiro atoms. The van der Waals surface area contributed by atoms with Crippen molar-refractivity contribution in [1.29, 1.82) is 0 Å². The fourth-order valence-electron chi connectivity index (χ4n) is 4.41. The molecule has 2 heterocycles. The summed E-state index contributed by atoms with van der Waals surface area (Å²) in [4.78, 5) is 31.6. The molecule has 32 heavy (non-hydrogen) atoms. The van der Waals surface area contributed by atoms with Crippen LogP contribution in [0, 0.1) is 0 Å². The third-order valence-electron chi connectivity index (χ3n) is 6.31. The molecule has 4 rings (SSSR count). The highest BCUT2D eigenvalue weighted by molar-refractivity contribution is 5.96. The van der Waals surface area contributed by atoms with Crippen LogP contribution in [0.3, 0.4) is 0 Å². The van der Waals surface area contributed by atoms with Gasteiger partial charge in [-0.3, -0.25) is 9.59 Å². The lowest BCUT2D eigenvalue weighted by Crippen LogP contribution is -2.50. The molecular formula is C26H33N3O3. The number of piperidine rings is 1. The monoisotopic (exact) mass is 435 g/mol. The fourth-order valence-corrected chi connectivity index (χ4v) is 4.41. The van der Waals surface area contributed by atoms with E-state index in [4.69, 9.17) is 4.74 Å². The molecule has 2 saturated heterocycles. The second-order valence-electron chi connectivity index (χ2n) is 8.58. The van der Waals surface area contributed by atoms with Crippen molar-refractivity contribution in [3.05, 3.63) is 65.7 Å². The minimum atomic E-state index is 0.00783. The average molecular weight is 436 g/mol. The molecule has 6 heteroatoms. The predicted octanol–water partition coefficient (Wildman–Crippen LogP) is 3.54. The van der Waals surface area contributed by atoms with Crippen LogP contribution in [0.2, 0.25) is 0 Å². The van der Waals surface area contributed by atoms with E-state index in [0.717, 1.165) is 18.7 Å². The number of hydrogen-bond acceptors (Lipinski definition) is 4. The van der Waals surface area contributed by atoms with Crippen molar-refractivity contribution < 1.29 is 14.3 Å². The van der Waals surface area contributed by atoms with Crippen LogP contribution in [-0.2, 0) is 0 Å². The summed E-state index contributed by atoms with van der Waals surface area (Å²) in [6.07, 6.45) is 5.01. The zero-order chi connectivity index (χ0) is 22.2. The molecule has 0 N–H and O–H groups in total. The lowest BCUT2D eigenvalue weighted by molar-refractivity contribution is 0.0535. The number of benzene rings is 2. The van der Waals surface area contributed by atoms with Crippen LogP contribution in [0.15, 0.2) is 54.6 Å². The first-order valence-electron chi connectivity index (χ1n) is 11.8. The molecule has 2 aliphatic heterocycles. The molecule has 0 bridgehead atoms. The normalized spacial score (nSPS) is 17.2. The second kappa shape index (κ2) is 11.1. The molecule has 0 atom stereocenters. The Morgan fingerprint density at radius 1 is 0.688 bits per heavy atom. The highest BCUT2D eigenvalue weighted by Crippen LogP contribution is 2.16. The quantitative estimate of drug-likeness (QED) is 0.625. The van der Waals surface area contributed by atoms with Gasteiger partial charge in [0.2, 0.25) is 0 Å². The van der Waals surface area contributed by atoms with Crippen molar-refractivity contribution in [3.63, 3.8) is 0 Å². The first-order valence-corrected chi connectivity index (χ1v) is 11.8. The first-order chi connectivity index (χ1) is 15.7. The summed E-state index contributed by atoms with van der Waals surface area (Å²) in [7, 11) is 0. The summed E-state index contributed by atoms with van der Waals surface area (Å²) in [5, 5.41) is 0. The van der Waals surface area contributed by atoms with E-state index >= 15 is 0 Å². The Morgan fingerprint density at radius 2 is 1.25 bits per heavy atom. The molecule has 2 aliphatic rings. The van der Waals surface area contributed by atoms with Crippen molar-refractivity contribution in [2.75, 3.05) is 52.4 Å². The number of carbonyl (C=O) groups excluding carboxylic acids is 2. The number of amides is 2. The van der Waals surface area contributed by atoms with Crippen molar-refractivity contribution >= 4 is 11.8 Å². The molecule has 0 saturated carbocycles. The predicted molar refractivity (Wildman–Crippen MR) is 125 cm³/mol. The van der Waals surface area contributed by atoms with Crippen LogP contribution in [0.4, 0.5) is 0 Å². The Labute approximate surface area is 190 Å². The molecule has 0 aliphatic carbocycles. The Kier molecular flexibility index (Phi) is 7.77. The molecule has 0 radical (unpaired) electrons. The van der Waals surface area contributed by atoms with Gasteiger partial charge >= 0.3 is 0 Å². The number of ether oxygens (including phenoxy) is 1. The van der Waals surface area contributed by atoms with Gasteiger partial charge in [-0.25, -0.2) is 0 Å². The third-order valence-corrected chi connectivity index (χ3v) is 6.31. The maximum absolute atomic E-state index is 12.9. The molecule has 2 aromatic carbocycles. The average Bonchev–Trinajstić information content (AvgIpc) is 2.87. The Morgan fingerprint density at radius 3 is 1.84 bits per heavy atom. The van der Waals surface area contributed by atoms with Gasteiger partial charge in [0.25, 0.3) is 11.8 Å². The van der Waals surface area contributed by atoms with Crippen LogP contribution in [0.25, 0.3) is 0 Å². The van der Waals surface area contributed by atoms with E-state index in [1.165, 1.54) is 32.4 Å². The van der Waals surface area contributed by atoms with E-state index in [1.54, 1.807) is 0 Å². The minimum absolute atomic E-state index is 0.00783. The molecule has 170 valence electrons. The smallest absolute Gasteiger partial charge is 0.253 e. The topological polar surface area (TPSA) is 53.1 Å². The van der Waals surface area contributed by atoms with E-state index < -0.39 is 0 Å². The summed E-state index contributed by atoms with van der Waals surface area (Å²) >= 11 is 0. The molecule has 2 fully saturated rings. The Hall–Kier alpha value is -2.86. The van der Waals surface area contributed by atoms with Crippen molar-refractivity contribution in [1.82, 2.24) is 14.7 Å². The largest absolute Gasteiger partial charge is 0.494 e. The van der Waals surface area contributed by atoms with E-state index in [0.29, 0.717) is 43.9 Å². The molecule has 2 amide bonds. The number of piperazine rings is 1. The summed E-state index contributed by atoms with van der Waals surface area (Å²) in [5.74, 6) is 0.839. The highest BCUT2D eigenvalue weighted by atomic mass is 16.5. The molecule has 2 aromatic rings. The van der Waals surface area contributed by atoms with E-state index in [2.05, 4.69) is 4.90 Å². The maximum Gasteiger partial charge on any atom is 0.253 e. The van der Waals surface area contributed by atoms with Crippen LogP contribution in [0.1, 0.15) is 46.4 Å². The molecular weight excluding hydrogens is 402 g/mol. The summed E-state index contributed by atoms with van der Waals surface area (Å²) < 4.78 is 5.86. The zero-order valence-electron chi connectivity index (χ0n) is 18.7. The molecule has 6 nitrogen and oxygen atoms in total. The van der Waals surface area contributed by atoms with Crippen LogP contribution >= 0.6 is 0 Å². The van der Waals surface area contributed by atoms with Crippen molar-refractivity contribution in [2.24, 2.45) is 0 Å². The van der Waals surface area contributed by atoms with Gasteiger partial charge in [0.05, 0.1) is 6.61 Å². The van der Waals surface area contributed by atoms with Gasteiger partial charge in [0.1, 0.15) is 5.75 Å².